The highest BCUT2D eigenvalue weighted by Gasteiger charge is 2.40. The van der Waals surface area contributed by atoms with Crippen molar-refractivity contribution in [1.82, 2.24) is 5.06 Å². The van der Waals surface area contributed by atoms with Gasteiger partial charge in [0.25, 0.3) is 11.8 Å². The molecular weight excluding hydrogens is 258 g/mol. The number of amides is 2. The fourth-order valence-corrected chi connectivity index (χ4v) is 2.38. The number of rotatable bonds is 6. The van der Waals surface area contributed by atoms with E-state index in [2.05, 4.69) is 4.84 Å². The number of thioether (sulfide) groups is 1. The molecule has 0 aromatic heterocycles. The summed E-state index contributed by atoms with van der Waals surface area (Å²) in [5.74, 6) is -1.22. The van der Waals surface area contributed by atoms with Crippen LogP contribution in [0, 0.1) is 0 Å². The van der Waals surface area contributed by atoms with Crippen LogP contribution in [0.2, 0.25) is 0 Å². The van der Waals surface area contributed by atoms with E-state index in [0.29, 0.717) is 16.7 Å². The molecule has 0 aromatic rings. The first-order valence-corrected chi connectivity index (χ1v) is 6.87. The molecule has 2 unspecified atom stereocenters. The average Bonchev–Trinajstić information content (AvgIpc) is 2.54. The Labute approximate surface area is 110 Å². The van der Waals surface area contributed by atoms with Gasteiger partial charge in [-0.25, -0.2) is 4.79 Å². The summed E-state index contributed by atoms with van der Waals surface area (Å²) in [7, 11) is 0. The molecule has 1 N–H and O–H groups in total. The van der Waals surface area contributed by atoms with Gasteiger partial charge in [0.05, 0.1) is 6.42 Å². The van der Waals surface area contributed by atoms with Gasteiger partial charge in [-0.15, -0.1) is 0 Å². The lowest BCUT2D eigenvalue weighted by Gasteiger charge is -2.14. The second-order valence-electron chi connectivity index (χ2n) is 4.01. The van der Waals surface area contributed by atoms with Crippen LogP contribution in [0.25, 0.3) is 0 Å². The number of carbonyl (C=O) groups excluding carboxylic acids is 3. The summed E-state index contributed by atoms with van der Waals surface area (Å²) in [6.45, 7) is 4.03. The van der Waals surface area contributed by atoms with Crippen LogP contribution < -0.4 is 0 Å². The molecule has 0 saturated carbocycles. The van der Waals surface area contributed by atoms with Crippen molar-refractivity contribution in [2.24, 2.45) is 0 Å². The van der Waals surface area contributed by atoms with Crippen molar-refractivity contribution in [3.05, 3.63) is 0 Å². The van der Waals surface area contributed by atoms with Gasteiger partial charge in [-0.3, -0.25) is 9.59 Å². The largest absolute Gasteiger partial charge is 0.383 e. The summed E-state index contributed by atoms with van der Waals surface area (Å²) < 4.78 is 0. The van der Waals surface area contributed by atoms with E-state index in [0.717, 1.165) is 5.75 Å². The summed E-state index contributed by atoms with van der Waals surface area (Å²) in [6, 6.07) is 0. The molecule has 2 amide bonds. The zero-order chi connectivity index (χ0) is 13.7. The van der Waals surface area contributed by atoms with Crippen LogP contribution in [-0.4, -0.2) is 45.1 Å². The van der Waals surface area contributed by atoms with E-state index in [1.54, 1.807) is 11.8 Å². The van der Waals surface area contributed by atoms with Crippen molar-refractivity contribution >= 4 is 29.5 Å². The maximum atomic E-state index is 11.4. The minimum Gasteiger partial charge on any atom is -0.383 e. The van der Waals surface area contributed by atoms with Crippen LogP contribution in [0.1, 0.15) is 33.1 Å². The molecule has 6 nitrogen and oxygen atoms in total. The van der Waals surface area contributed by atoms with Crippen molar-refractivity contribution in [3.63, 3.8) is 0 Å². The topological polar surface area (TPSA) is 83.9 Å². The second kappa shape index (κ2) is 6.75. The van der Waals surface area contributed by atoms with Crippen LogP contribution in [-0.2, 0) is 19.2 Å². The molecule has 1 saturated heterocycles. The van der Waals surface area contributed by atoms with E-state index in [9.17, 15) is 14.4 Å². The molecule has 0 spiro atoms. The molecule has 2 atom stereocenters. The Kier molecular flexibility index (Phi) is 5.61. The van der Waals surface area contributed by atoms with Gasteiger partial charge in [0.1, 0.15) is 6.10 Å². The minimum absolute atomic E-state index is 0.140. The maximum absolute atomic E-state index is 11.4. The van der Waals surface area contributed by atoms with Gasteiger partial charge >= 0.3 is 5.97 Å². The summed E-state index contributed by atoms with van der Waals surface area (Å²) in [4.78, 5) is 38.6. The number of hydrogen-bond acceptors (Lipinski definition) is 6. The molecule has 0 bridgehead atoms. The van der Waals surface area contributed by atoms with Gasteiger partial charge in [-0.2, -0.15) is 11.8 Å². The molecule has 0 aliphatic carbocycles. The second-order valence-corrected chi connectivity index (χ2v) is 5.73. The van der Waals surface area contributed by atoms with Crippen LogP contribution >= 0.6 is 11.8 Å². The molecule has 1 aliphatic heterocycles. The molecule has 1 rings (SSSR count). The van der Waals surface area contributed by atoms with Gasteiger partial charge < -0.3 is 9.94 Å². The van der Waals surface area contributed by atoms with Crippen molar-refractivity contribution < 1.29 is 24.3 Å². The van der Waals surface area contributed by atoms with E-state index in [1.807, 2.05) is 13.8 Å². The fraction of sp³-hybridized carbons (Fsp3) is 0.727. The van der Waals surface area contributed by atoms with Crippen molar-refractivity contribution in [2.45, 2.75) is 44.5 Å². The van der Waals surface area contributed by atoms with Gasteiger partial charge in [-0.1, -0.05) is 18.9 Å². The van der Waals surface area contributed by atoms with Crippen LogP contribution in [0.15, 0.2) is 0 Å². The van der Waals surface area contributed by atoms with E-state index < -0.39 is 23.9 Å². The summed E-state index contributed by atoms with van der Waals surface area (Å²) >= 11 is 1.72. The third-order valence-electron chi connectivity index (χ3n) is 2.48. The lowest BCUT2D eigenvalue weighted by Crippen LogP contribution is -2.34. The predicted octanol–water partition coefficient (Wildman–Crippen LogP) is 0.486. The molecule has 0 radical (unpaired) electrons. The van der Waals surface area contributed by atoms with E-state index >= 15 is 0 Å². The fourth-order valence-electron chi connectivity index (χ4n) is 1.53. The first-order valence-electron chi connectivity index (χ1n) is 5.83. The van der Waals surface area contributed by atoms with Gasteiger partial charge in [0, 0.05) is 11.7 Å². The van der Waals surface area contributed by atoms with E-state index in [-0.39, 0.29) is 12.8 Å². The minimum atomic E-state index is -1.39. The van der Waals surface area contributed by atoms with Crippen LogP contribution in [0.3, 0.4) is 0 Å². The number of aliphatic hydroxyl groups is 1. The van der Waals surface area contributed by atoms with Crippen LogP contribution in [0.4, 0.5) is 0 Å². The Morgan fingerprint density at radius 3 is 2.78 bits per heavy atom. The number of hydrogen-bond donors (Lipinski definition) is 1. The van der Waals surface area contributed by atoms with Gasteiger partial charge in [0.15, 0.2) is 0 Å². The van der Waals surface area contributed by atoms with Gasteiger partial charge in [-0.05, 0) is 12.2 Å². The third kappa shape index (κ3) is 3.99. The summed E-state index contributed by atoms with van der Waals surface area (Å²) in [5, 5.41) is 9.82. The molecule has 1 aliphatic rings. The Balaban J connectivity index is 2.36. The highest BCUT2D eigenvalue weighted by Crippen LogP contribution is 2.17. The quantitative estimate of drug-likeness (QED) is 0.710. The van der Waals surface area contributed by atoms with Crippen molar-refractivity contribution in [1.29, 1.82) is 0 Å². The van der Waals surface area contributed by atoms with E-state index in [1.165, 1.54) is 0 Å². The number of hydroxylamine groups is 2. The number of aliphatic hydroxyl groups excluding tert-OH is 1. The molecular formula is C11H17NO5S. The lowest BCUT2D eigenvalue weighted by molar-refractivity contribution is -0.198. The van der Waals surface area contributed by atoms with Crippen molar-refractivity contribution in [3.8, 4) is 0 Å². The van der Waals surface area contributed by atoms with Crippen molar-refractivity contribution in [2.75, 3.05) is 5.75 Å². The molecule has 1 heterocycles. The monoisotopic (exact) mass is 275 g/mol. The highest BCUT2D eigenvalue weighted by molar-refractivity contribution is 7.99. The molecule has 0 aromatic carbocycles. The Morgan fingerprint density at radius 1 is 1.61 bits per heavy atom. The standard InChI is InChI=1S/C11H17NO5S/c1-3-18-7(2)4-5-10(15)17-12-9(14)6-8(13)11(12)16/h7-8,13H,3-6H2,1-2H3. The Morgan fingerprint density at radius 2 is 2.28 bits per heavy atom. The zero-order valence-corrected chi connectivity index (χ0v) is 11.2. The van der Waals surface area contributed by atoms with Gasteiger partial charge in [0.2, 0.25) is 0 Å². The lowest BCUT2D eigenvalue weighted by atomic mass is 10.2. The third-order valence-corrected chi connectivity index (χ3v) is 3.62. The number of nitrogens with zero attached hydrogens (tertiary/aromatic N) is 1. The maximum Gasteiger partial charge on any atom is 0.333 e. The molecule has 7 heteroatoms. The number of carbonyl (C=O) groups is 3. The smallest absolute Gasteiger partial charge is 0.333 e. The number of imide groups is 1. The Hall–Kier alpha value is -1.08. The zero-order valence-electron chi connectivity index (χ0n) is 10.4. The molecule has 1 fully saturated rings. The Bertz CT molecular complexity index is 346. The predicted molar refractivity (Wildman–Crippen MR) is 65.4 cm³/mol. The average molecular weight is 275 g/mol. The summed E-state index contributed by atoms with van der Waals surface area (Å²) in [6.07, 6.45) is -0.953. The van der Waals surface area contributed by atoms with E-state index in [4.69, 9.17) is 5.11 Å². The first kappa shape index (κ1) is 15.0. The SMILES string of the molecule is CCSC(C)CCC(=O)ON1C(=O)CC(O)C1=O. The van der Waals surface area contributed by atoms with Crippen LogP contribution in [0.5, 0.6) is 0 Å². The first-order chi connectivity index (χ1) is 8.45. The summed E-state index contributed by atoms with van der Waals surface area (Å²) in [5.41, 5.74) is 0. The highest BCUT2D eigenvalue weighted by atomic mass is 32.2. The normalized spacial score (nSPS) is 21.3. The molecule has 102 valence electrons. The molecule has 18 heavy (non-hydrogen) atoms.